The maximum atomic E-state index is 5.88. The van der Waals surface area contributed by atoms with E-state index in [2.05, 4.69) is 15.6 Å². The highest BCUT2D eigenvalue weighted by molar-refractivity contribution is 5.89. The van der Waals surface area contributed by atoms with Gasteiger partial charge in [-0.05, 0) is 56.0 Å². The Balaban J connectivity index is 1.35. The van der Waals surface area contributed by atoms with Crippen molar-refractivity contribution in [1.29, 1.82) is 0 Å². The first-order chi connectivity index (χ1) is 16.2. The highest BCUT2D eigenvalue weighted by Gasteiger charge is 2.23. The van der Waals surface area contributed by atoms with E-state index in [0.29, 0.717) is 31.3 Å². The van der Waals surface area contributed by atoms with Gasteiger partial charge in [0, 0.05) is 38.2 Å². The Morgan fingerprint density at radius 1 is 1.03 bits per heavy atom. The van der Waals surface area contributed by atoms with Crippen molar-refractivity contribution in [3.8, 4) is 11.3 Å². The molecule has 4 aromatic heterocycles. The van der Waals surface area contributed by atoms with E-state index in [0.717, 1.165) is 59.3 Å². The average molecular weight is 448 g/mol. The van der Waals surface area contributed by atoms with E-state index in [1.54, 1.807) is 13.3 Å². The second kappa shape index (κ2) is 9.68. The minimum atomic E-state index is 0.311. The van der Waals surface area contributed by atoms with E-state index >= 15 is 0 Å². The number of nitrogens with one attached hydrogen (secondary N) is 2. The summed E-state index contributed by atoms with van der Waals surface area (Å²) >= 11 is 0. The molecule has 0 radical (unpaired) electrons. The van der Waals surface area contributed by atoms with Crippen LogP contribution in [0.3, 0.4) is 0 Å². The van der Waals surface area contributed by atoms with E-state index in [1.165, 1.54) is 0 Å². The van der Waals surface area contributed by atoms with Crippen molar-refractivity contribution in [2.45, 2.75) is 37.8 Å². The monoisotopic (exact) mass is 447 g/mol. The SMILES string of the molecule is CNc1nc(NC2CCC(OCCOC)CC2)nn2ccc(-c3ccc4ncccc4n3)c12. The zero-order valence-corrected chi connectivity index (χ0v) is 19.0. The molecule has 9 heteroatoms. The number of aromatic nitrogens is 5. The van der Waals surface area contributed by atoms with E-state index < -0.39 is 0 Å². The summed E-state index contributed by atoms with van der Waals surface area (Å²) in [6.07, 6.45) is 8.15. The Hall–Kier alpha value is -3.30. The van der Waals surface area contributed by atoms with Crippen molar-refractivity contribution >= 4 is 28.3 Å². The van der Waals surface area contributed by atoms with Crippen molar-refractivity contribution in [2.75, 3.05) is 38.0 Å². The van der Waals surface area contributed by atoms with Crippen LogP contribution in [0.25, 0.3) is 27.8 Å². The number of nitrogens with zero attached hydrogens (tertiary/aromatic N) is 5. The second-order valence-electron chi connectivity index (χ2n) is 8.28. The van der Waals surface area contributed by atoms with Crippen LogP contribution in [-0.4, -0.2) is 64.1 Å². The van der Waals surface area contributed by atoms with Gasteiger partial charge in [-0.3, -0.25) is 4.98 Å². The number of ether oxygens (including phenoxy) is 2. The lowest BCUT2D eigenvalue weighted by molar-refractivity contribution is -0.00158. The van der Waals surface area contributed by atoms with Crippen molar-refractivity contribution < 1.29 is 9.47 Å². The van der Waals surface area contributed by atoms with E-state index in [-0.39, 0.29) is 0 Å². The molecule has 0 aromatic carbocycles. The van der Waals surface area contributed by atoms with Crippen LogP contribution in [0.15, 0.2) is 42.7 Å². The van der Waals surface area contributed by atoms with E-state index in [1.807, 2.05) is 48.1 Å². The number of methoxy groups -OCH3 is 1. The lowest BCUT2D eigenvalue weighted by atomic mass is 9.93. The zero-order valence-electron chi connectivity index (χ0n) is 19.0. The smallest absolute Gasteiger partial charge is 0.243 e. The van der Waals surface area contributed by atoms with Gasteiger partial charge >= 0.3 is 0 Å². The molecule has 2 N–H and O–H groups in total. The molecule has 4 aromatic rings. The molecule has 0 amide bonds. The molecule has 1 aliphatic carbocycles. The van der Waals surface area contributed by atoms with Gasteiger partial charge in [0.25, 0.3) is 0 Å². The van der Waals surface area contributed by atoms with E-state index in [4.69, 9.17) is 24.5 Å². The number of rotatable bonds is 8. The summed E-state index contributed by atoms with van der Waals surface area (Å²) in [6.45, 7) is 1.30. The molecule has 5 rings (SSSR count). The Morgan fingerprint density at radius 3 is 2.73 bits per heavy atom. The summed E-state index contributed by atoms with van der Waals surface area (Å²) in [5.41, 5.74) is 4.48. The number of anilines is 2. The third kappa shape index (κ3) is 4.60. The fourth-order valence-electron chi connectivity index (χ4n) is 4.43. The number of hydrogen-bond acceptors (Lipinski definition) is 8. The summed E-state index contributed by atoms with van der Waals surface area (Å²) in [5.74, 6) is 1.38. The van der Waals surface area contributed by atoms with Gasteiger partial charge < -0.3 is 20.1 Å². The fraction of sp³-hybridized carbons (Fsp3) is 0.417. The molecular weight excluding hydrogens is 418 g/mol. The molecule has 1 saturated carbocycles. The Bertz CT molecular complexity index is 1230. The molecule has 0 aliphatic heterocycles. The summed E-state index contributed by atoms with van der Waals surface area (Å²) in [6, 6.07) is 10.2. The predicted octanol–water partition coefficient (Wildman–Crippen LogP) is 3.77. The number of fused-ring (bicyclic) bond motifs is 2. The molecule has 1 fully saturated rings. The summed E-state index contributed by atoms with van der Waals surface area (Å²) < 4.78 is 12.8. The minimum absolute atomic E-state index is 0.311. The van der Waals surface area contributed by atoms with Gasteiger partial charge in [0.15, 0.2) is 5.82 Å². The maximum absolute atomic E-state index is 5.88. The summed E-state index contributed by atoms with van der Waals surface area (Å²) in [7, 11) is 3.58. The van der Waals surface area contributed by atoms with Crippen LogP contribution in [0, 0.1) is 0 Å². The zero-order chi connectivity index (χ0) is 22.6. The van der Waals surface area contributed by atoms with Crippen LogP contribution >= 0.6 is 0 Å². The van der Waals surface area contributed by atoms with Gasteiger partial charge in [0.1, 0.15) is 5.52 Å². The molecule has 9 nitrogen and oxygen atoms in total. The first-order valence-corrected chi connectivity index (χ1v) is 11.4. The maximum Gasteiger partial charge on any atom is 0.243 e. The van der Waals surface area contributed by atoms with Gasteiger partial charge in [0.2, 0.25) is 5.95 Å². The average Bonchev–Trinajstić information content (AvgIpc) is 3.28. The van der Waals surface area contributed by atoms with E-state index in [9.17, 15) is 0 Å². The first kappa shape index (κ1) is 21.5. The van der Waals surface area contributed by atoms with Crippen LogP contribution in [0.1, 0.15) is 25.7 Å². The van der Waals surface area contributed by atoms with Gasteiger partial charge in [-0.1, -0.05) is 0 Å². The molecule has 172 valence electrons. The van der Waals surface area contributed by atoms with Crippen LogP contribution in [0.2, 0.25) is 0 Å². The predicted molar refractivity (Wildman–Crippen MR) is 129 cm³/mol. The van der Waals surface area contributed by atoms with Crippen molar-refractivity contribution in [1.82, 2.24) is 24.6 Å². The second-order valence-corrected chi connectivity index (χ2v) is 8.28. The third-order valence-electron chi connectivity index (χ3n) is 6.13. The van der Waals surface area contributed by atoms with Gasteiger partial charge in [0.05, 0.1) is 36.0 Å². The molecule has 0 saturated heterocycles. The number of hydrogen-bond donors (Lipinski definition) is 2. The van der Waals surface area contributed by atoms with Crippen LogP contribution < -0.4 is 10.6 Å². The molecule has 0 atom stereocenters. The normalized spacial score (nSPS) is 18.6. The first-order valence-electron chi connectivity index (χ1n) is 11.4. The van der Waals surface area contributed by atoms with Crippen molar-refractivity contribution in [3.63, 3.8) is 0 Å². The molecular formula is C24H29N7O2. The van der Waals surface area contributed by atoms with Crippen molar-refractivity contribution in [3.05, 3.63) is 42.7 Å². The highest BCUT2D eigenvalue weighted by Crippen LogP contribution is 2.30. The minimum Gasteiger partial charge on any atom is -0.382 e. The lowest BCUT2D eigenvalue weighted by Gasteiger charge is -2.29. The third-order valence-corrected chi connectivity index (χ3v) is 6.13. The fourth-order valence-corrected chi connectivity index (χ4v) is 4.43. The molecule has 0 bridgehead atoms. The Kier molecular flexibility index (Phi) is 6.32. The molecule has 33 heavy (non-hydrogen) atoms. The number of pyridine rings is 2. The van der Waals surface area contributed by atoms with Crippen LogP contribution in [0.5, 0.6) is 0 Å². The van der Waals surface area contributed by atoms with Gasteiger partial charge in [-0.15, -0.1) is 5.10 Å². The lowest BCUT2D eigenvalue weighted by Crippen LogP contribution is -2.31. The van der Waals surface area contributed by atoms with Crippen molar-refractivity contribution in [2.24, 2.45) is 0 Å². The van der Waals surface area contributed by atoms with Gasteiger partial charge in [-0.25, -0.2) is 9.50 Å². The largest absolute Gasteiger partial charge is 0.382 e. The standard InChI is InChI=1S/C24H29N7O2/c1-25-23-22-18(19-9-10-20-21(28-19)4-3-12-26-20)11-13-31(22)30-24(29-23)27-16-5-7-17(8-6-16)33-15-14-32-2/h3-4,9-13,16-17H,5-8,14-15H2,1-2H3,(H2,25,27,29,30). The molecule has 0 unspecified atom stereocenters. The molecule has 1 aliphatic rings. The molecule has 4 heterocycles. The van der Waals surface area contributed by atoms with Crippen LogP contribution in [0.4, 0.5) is 11.8 Å². The van der Waals surface area contributed by atoms with Gasteiger partial charge in [-0.2, -0.15) is 4.98 Å². The summed E-state index contributed by atoms with van der Waals surface area (Å²) in [5, 5.41) is 11.5. The highest BCUT2D eigenvalue weighted by atomic mass is 16.5. The van der Waals surface area contributed by atoms with Crippen LogP contribution in [-0.2, 0) is 9.47 Å². The summed E-state index contributed by atoms with van der Waals surface area (Å²) in [4.78, 5) is 13.9. The topological polar surface area (TPSA) is 98.5 Å². The molecule has 0 spiro atoms. The quantitative estimate of drug-likeness (QED) is 0.394. The Morgan fingerprint density at radius 2 is 1.91 bits per heavy atom. The Labute approximate surface area is 192 Å².